The van der Waals surface area contributed by atoms with E-state index in [9.17, 15) is 9.90 Å². The highest BCUT2D eigenvalue weighted by atomic mass is 127. The van der Waals surface area contributed by atoms with Crippen LogP contribution in [-0.4, -0.2) is 18.1 Å². The van der Waals surface area contributed by atoms with E-state index in [1.165, 1.54) is 6.07 Å². The predicted octanol–water partition coefficient (Wildman–Crippen LogP) is 4.78. The molecule has 0 unspecified atom stereocenters. The van der Waals surface area contributed by atoms with Crippen LogP contribution in [0.3, 0.4) is 0 Å². The van der Waals surface area contributed by atoms with E-state index >= 15 is 0 Å². The summed E-state index contributed by atoms with van der Waals surface area (Å²) in [7, 11) is 1.55. The Bertz CT molecular complexity index is 707. The number of anilines is 1. The number of aromatic hydroxyl groups is 1. The molecule has 21 heavy (non-hydrogen) atoms. The van der Waals surface area contributed by atoms with E-state index in [2.05, 4.69) is 59.8 Å². The Morgan fingerprint density at radius 2 is 1.95 bits per heavy atom. The summed E-state index contributed by atoms with van der Waals surface area (Å²) in [5, 5.41) is 12.5. The van der Waals surface area contributed by atoms with Gasteiger partial charge in [0.15, 0.2) is 0 Å². The summed E-state index contributed by atoms with van der Waals surface area (Å²) in [6.45, 7) is 0. The lowest BCUT2D eigenvalue weighted by Gasteiger charge is -2.12. The number of hydrogen-bond acceptors (Lipinski definition) is 3. The maximum absolute atomic E-state index is 12.3. The number of halogens is 3. The van der Waals surface area contributed by atoms with Gasteiger partial charge >= 0.3 is 0 Å². The fourth-order valence-electron chi connectivity index (χ4n) is 1.66. The molecule has 0 radical (unpaired) electrons. The molecular weight excluding hydrogens is 517 g/mol. The molecule has 2 N–H and O–H groups in total. The van der Waals surface area contributed by atoms with E-state index in [0.717, 1.165) is 8.04 Å². The second-order valence-electron chi connectivity index (χ2n) is 4.08. The Labute approximate surface area is 152 Å². The number of ether oxygens (including phenoxy) is 1. The number of methoxy groups -OCH3 is 1. The van der Waals surface area contributed by atoms with Gasteiger partial charge in [-0.2, -0.15) is 0 Å². The second kappa shape index (κ2) is 6.97. The summed E-state index contributed by atoms with van der Waals surface area (Å²) in [5.74, 6) is 0.143. The SMILES string of the molecule is COc1cc(NC(=O)c2cc(I)ccc2O)c(Br)cc1Br. The minimum Gasteiger partial charge on any atom is -0.507 e. The molecule has 0 spiro atoms. The number of carbonyl (C=O) groups excluding carboxylic acids is 1. The van der Waals surface area contributed by atoms with Gasteiger partial charge in [-0.3, -0.25) is 4.79 Å². The first-order chi connectivity index (χ1) is 9.92. The van der Waals surface area contributed by atoms with Gasteiger partial charge in [0.25, 0.3) is 5.91 Å². The smallest absolute Gasteiger partial charge is 0.259 e. The predicted molar refractivity (Wildman–Crippen MR) is 97.2 cm³/mol. The van der Waals surface area contributed by atoms with E-state index < -0.39 is 5.91 Å². The average Bonchev–Trinajstić information content (AvgIpc) is 2.44. The van der Waals surface area contributed by atoms with Crippen molar-refractivity contribution in [1.29, 1.82) is 0 Å². The first-order valence-corrected chi connectivity index (χ1v) is 8.41. The van der Waals surface area contributed by atoms with Crippen LogP contribution in [0.25, 0.3) is 0 Å². The van der Waals surface area contributed by atoms with E-state index in [0.29, 0.717) is 15.9 Å². The highest BCUT2D eigenvalue weighted by Crippen LogP contribution is 2.35. The Morgan fingerprint density at radius 1 is 1.24 bits per heavy atom. The van der Waals surface area contributed by atoms with E-state index in [4.69, 9.17) is 4.74 Å². The highest BCUT2D eigenvalue weighted by Gasteiger charge is 2.15. The summed E-state index contributed by atoms with van der Waals surface area (Å²) < 4.78 is 7.54. The molecule has 0 saturated heterocycles. The van der Waals surface area contributed by atoms with Crippen LogP contribution >= 0.6 is 54.5 Å². The molecule has 4 nitrogen and oxygen atoms in total. The summed E-state index contributed by atoms with van der Waals surface area (Å²) >= 11 is 8.83. The molecular formula is C14H10Br2INO3. The number of carbonyl (C=O) groups is 1. The van der Waals surface area contributed by atoms with Gasteiger partial charge in [-0.1, -0.05) is 0 Å². The Morgan fingerprint density at radius 3 is 2.62 bits per heavy atom. The third-order valence-corrected chi connectivity index (χ3v) is 4.64. The number of phenols is 1. The minimum atomic E-state index is -0.393. The van der Waals surface area contributed by atoms with Gasteiger partial charge < -0.3 is 15.2 Å². The first kappa shape index (κ1) is 16.6. The molecule has 0 aliphatic heterocycles. The molecule has 2 rings (SSSR count). The Kier molecular flexibility index (Phi) is 5.50. The third kappa shape index (κ3) is 3.89. The molecule has 0 bridgehead atoms. The van der Waals surface area contributed by atoms with Crippen molar-refractivity contribution < 1.29 is 14.6 Å². The zero-order chi connectivity index (χ0) is 15.6. The van der Waals surface area contributed by atoms with Gasteiger partial charge in [0.2, 0.25) is 0 Å². The molecule has 110 valence electrons. The maximum atomic E-state index is 12.3. The van der Waals surface area contributed by atoms with Gasteiger partial charge in [-0.15, -0.1) is 0 Å². The van der Waals surface area contributed by atoms with Crippen molar-refractivity contribution in [2.75, 3.05) is 12.4 Å². The Hall–Kier alpha value is -0.800. The lowest BCUT2D eigenvalue weighted by molar-refractivity contribution is 0.102. The molecule has 0 atom stereocenters. The molecule has 2 aromatic carbocycles. The zero-order valence-corrected chi connectivity index (χ0v) is 16.1. The fraction of sp³-hybridized carbons (Fsp3) is 0.0714. The minimum absolute atomic E-state index is 0.0619. The Balaban J connectivity index is 2.33. The van der Waals surface area contributed by atoms with Crippen LogP contribution in [0, 0.1) is 3.57 Å². The number of hydrogen-bond donors (Lipinski definition) is 2. The lowest BCUT2D eigenvalue weighted by atomic mass is 10.2. The molecule has 7 heteroatoms. The van der Waals surface area contributed by atoms with Crippen molar-refractivity contribution in [3.63, 3.8) is 0 Å². The van der Waals surface area contributed by atoms with Gasteiger partial charge in [-0.05, 0) is 78.7 Å². The summed E-state index contributed by atoms with van der Waals surface area (Å²) in [4.78, 5) is 12.3. The monoisotopic (exact) mass is 525 g/mol. The second-order valence-corrected chi connectivity index (χ2v) is 7.04. The molecule has 0 aromatic heterocycles. The molecule has 1 amide bonds. The summed E-state index contributed by atoms with van der Waals surface area (Å²) in [6.07, 6.45) is 0. The fourth-order valence-corrected chi connectivity index (χ4v) is 3.41. The van der Waals surface area contributed by atoms with Crippen LogP contribution < -0.4 is 10.1 Å². The molecule has 2 aromatic rings. The van der Waals surface area contributed by atoms with Crippen molar-refractivity contribution in [2.24, 2.45) is 0 Å². The van der Waals surface area contributed by atoms with Crippen molar-refractivity contribution in [2.45, 2.75) is 0 Å². The van der Waals surface area contributed by atoms with Gasteiger partial charge in [0.05, 0.1) is 22.8 Å². The molecule has 0 aliphatic carbocycles. The van der Waals surface area contributed by atoms with Crippen LogP contribution in [0.5, 0.6) is 11.5 Å². The topological polar surface area (TPSA) is 58.6 Å². The van der Waals surface area contributed by atoms with Gasteiger partial charge in [-0.25, -0.2) is 0 Å². The lowest BCUT2D eigenvalue weighted by Crippen LogP contribution is -2.13. The van der Waals surface area contributed by atoms with Gasteiger partial charge in [0, 0.05) is 14.1 Å². The summed E-state index contributed by atoms with van der Waals surface area (Å²) in [5.41, 5.74) is 0.772. The number of nitrogens with one attached hydrogen (secondary N) is 1. The van der Waals surface area contributed by atoms with E-state index in [1.807, 2.05) is 0 Å². The largest absolute Gasteiger partial charge is 0.507 e. The molecule has 0 fully saturated rings. The first-order valence-electron chi connectivity index (χ1n) is 5.75. The van der Waals surface area contributed by atoms with E-state index in [-0.39, 0.29) is 11.3 Å². The van der Waals surface area contributed by atoms with Crippen LogP contribution in [0.1, 0.15) is 10.4 Å². The maximum Gasteiger partial charge on any atom is 0.259 e. The van der Waals surface area contributed by atoms with Crippen molar-refractivity contribution in [3.8, 4) is 11.5 Å². The normalized spacial score (nSPS) is 10.3. The average molecular weight is 527 g/mol. The third-order valence-electron chi connectivity index (χ3n) is 2.69. The van der Waals surface area contributed by atoms with Crippen molar-refractivity contribution in [1.82, 2.24) is 0 Å². The molecule has 0 aliphatic rings. The van der Waals surface area contributed by atoms with Crippen LogP contribution in [0.4, 0.5) is 5.69 Å². The van der Waals surface area contributed by atoms with E-state index in [1.54, 1.807) is 31.4 Å². The standard InChI is InChI=1S/C14H10Br2INO3/c1-21-13-6-11(9(15)5-10(13)16)18-14(20)8-4-7(17)2-3-12(8)19/h2-6,19H,1H3,(H,18,20). The van der Waals surface area contributed by atoms with Crippen LogP contribution in [0.15, 0.2) is 39.3 Å². The number of rotatable bonds is 3. The molecule has 0 heterocycles. The number of phenolic OH excluding ortho intramolecular Hbond substituents is 1. The summed E-state index contributed by atoms with van der Waals surface area (Å²) in [6, 6.07) is 8.31. The quantitative estimate of drug-likeness (QED) is 0.566. The van der Waals surface area contributed by atoms with Crippen LogP contribution in [-0.2, 0) is 0 Å². The van der Waals surface area contributed by atoms with Crippen molar-refractivity contribution in [3.05, 3.63) is 48.4 Å². The van der Waals surface area contributed by atoms with Gasteiger partial charge in [0.1, 0.15) is 11.5 Å². The van der Waals surface area contributed by atoms with Crippen LogP contribution in [0.2, 0.25) is 0 Å². The zero-order valence-electron chi connectivity index (χ0n) is 10.8. The number of benzene rings is 2. The number of amides is 1. The molecule has 0 saturated carbocycles. The van der Waals surface area contributed by atoms with Crippen molar-refractivity contribution >= 4 is 66.0 Å². The highest BCUT2D eigenvalue weighted by molar-refractivity contribution is 14.1.